The fourth-order valence-corrected chi connectivity index (χ4v) is 5.63. The second-order valence-electron chi connectivity index (χ2n) is 9.80. The second-order valence-corrected chi connectivity index (χ2v) is 9.80. The first kappa shape index (κ1) is 25.7. The van der Waals surface area contributed by atoms with Gasteiger partial charge in [0.1, 0.15) is 0 Å². The second kappa shape index (κ2) is 10.7. The summed E-state index contributed by atoms with van der Waals surface area (Å²) in [4.78, 5) is 37.6. The Morgan fingerprint density at radius 2 is 1.94 bits per heavy atom. The zero-order valence-corrected chi connectivity index (χ0v) is 21.7. The van der Waals surface area contributed by atoms with Crippen molar-refractivity contribution in [3.8, 4) is 11.8 Å². The van der Waals surface area contributed by atoms with Gasteiger partial charge in [-0.3, -0.25) is 19.6 Å². The van der Waals surface area contributed by atoms with E-state index in [0.717, 1.165) is 60.9 Å². The van der Waals surface area contributed by atoms with Crippen LogP contribution in [0.3, 0.4) is 0 Å². The lowest BCUT2D eigenvalue weighted by Crippen LogP contribution is -2.48. The molecule has 1 saturated carbocycles. The molecule has 1 spiro atoms. The number of aryl methyl sites for hydroxylation is 1. The Bertz CT molecular complexity index is 1210. The van der Waals surface area contributed by atoms with Crippen molar-refractivity contribution in [3.05, 3.63) is 29.5 Å². The summed E-state index contributed by atoms with van der Waals surface area (Å²) < 4.78 is 6.91. The average Bonchev–Trinajstić information content (AvgIpc) is 3.18. The Kier molecular flexibility index (Phi) is 7.67. The molecule has 1 atom stereocenters. The number of hydrogen-bond acceptors (Lipinski definition) is 5. The number of fused-ring (bicyclic) bond motifs is 1. The molecule has 36 heavy (non-hydrogen) atoms. The van der Waals surface area contributed by atoms with Crippen molar-refractivity contribution in [1.82, 2.24) is 20.0 Å². The van der Waals surface area contributed by atoms with E-state index in [4.69, 9.17) is 4.74 Å². The van der Waals surface area contributed by atoms with Crippen LogP contribution < -0.4 is 5.32 Å². The topological polar surface area (TPSA) is 93.5 Å². The standard InChI is InChI=1S/C26H30N4O4.C2H6/c1-3-34-25(33)30-12-10-26(11-13-30)15-18(16-26)5-4-17-6-7-19-21(14-17)29(2)28-23(19)20-8-9-22(31)27-24(20)32;1-2/h6-7,14,18,20H,3,8-13,15-16H2,1-2H3,(H,27,31,32);1-2H3. The monoisotopic (exact) mass is 492 g/mol. The molecule has 1 aromatic carbocycles. The number of carbonyl (C=O) groups is 3. The smallest absolute Gasteiger partial charge is 0.409 e. The van der Waals surface area contributed by atoms with E-state index in [1.54, 1.807) is 4.68 Å². The number of imide groups is 1. The molecule has 5 rings (SSSR count). The van der Waals surface area contributed by atoms with E-state index < -0.39 is 5.92 Å². The molecule has 0 radical (unpaired) electrons. The van der Waals surface area contributed by atoms with Crippen LogP contribution in [0.15, 0.2) is 18.2 Å². The van der Waals surface area contributed by atoms with Crippen molar-refractivity contribution < 1.29 is 19.1 Å². The zero-order valence-electron chi connectivity index (χ0n) is 21.7. The molecule has 3 amide bonds. The highest BCUT2D eigenvalue weighted by atomic mass is 16.6. The Labute approximate surface area is 212 Å². The summed E-state index contributed by atoms with van der Waals surface area (Å²) in [5.74, 6) is 6.27. The summed E-state index contributed by atoms with van der Waals surface area (Å²) in [7, 11) is 1.87. The third kappa shape index (κ3) is 5.11. The minimum atomic E-state index is -0.403. The molecule has 1 aliphatic carbocycles. The number of piperidine rings is 2. The van der Waals surface area contributed by atoms with Crippen LogP contribution in [-0.4, -0.2) is 52.3 Å². The molecular weight excluding hydrogens is 456 g/mol. The number of hydrogen-bond donors (Lipinski definition) is 1. The van der Waals surface area contributed by atoms with E-state index in [-0.39, 0.29) is 17.9 Å². The van der Waals surface area contributed by atoms with E-state index >= 15 is 0 Å². The molecule has 3 heterocycles. The Morgan fingerprint density at radius 1 is 1.22 bits per heavy atom. The molecule has 192 valence electrons. The predicted molar refractivity (Wildman–Crippen MR) is 137 cm³/mol. The van der Waals surface area contributed by atoms with Crippen LogP contribution in [0.5, 0.6) is 0 Å². The number of benzene rings is 1. The van der Waals surface area contributed by atoms with Crippen molar-refractivity contribution in [1.29, 1.82) is 0 Å². The van der Waals surface area contributed by atoms with Gasteiger partial charge >= 0.3 is 6.09 Å². The lowest BCUT2D eigenvalue weighted by atomic mass is 9.58. The molecule has 3 fully saturated rings. The van der Waals surface area contributed by atoms with E-state index in [2.05, 4.69) is 22.3 Å². The molecular formula is C28H36N4O4. The van der Waals surface area contributed by atoms with Crippen LogP contribution in [-0.2, 0) is 21.4 Å². The Balaban J connectivity index is 0.00000148. The Morgan fingerprint density at radius 3 is 2.61 bits per heavy atom. The zero-order chi connectivity index (χ0) is 25.9. The van der Waals surface area contributed by atoms with Crippen LogP contribution in [0.1, 0.15) is 76.5 Å². The number of nitrogens with zero attached hydrogens (tertiary/aromatic N) is 3. The number of aromatic nitrogens is 2. The van der Waals surface area contributed by atoms with E-state index in [0.29, 0.717) is 30.8 Å². The maximum Gasteiger partial charge on any atom is 0.409 e. The number of amides is 3. The van der Waals surface area contributed by atoms with Crippen molar-refractivity contribution in [2.45, 2.75) is 65.2 Å². The highest BCUT2D eigenvalue weighted by Gasteiger charge is 2.46. The first-order chi connectivity index (χ1) is 17.4. The van der Waals surface area contributed by atoms with Gasteiger partial charge < -0.3 is 9.64 Å². The molecule has 0 bridgehead atoms. The summed E-state index contributed by atoms with van der Waals surface area (Å²) in [5.41, 5.74) is 2.91. The van der Waals surface area contributed by atoms with Crippen molar-refractivity contribution >= 4 is 28.8 Å². The minimum Gasteiger partial charge on any atom is -0.450 e. The van der Waals surface area contributed by atoms with Crippen LogP contribution >= 0.6 is 0 Å². The molecule has 8 heteroatoms. The van der Waals surface area contributed by atoms with Gasteiger partial charge in [0.05, 0.1) is 23.7 Å². The van der Waals surface area contributed by atoms with Gasteiger partial charge in [-0.2, -0.15) is 5.10 Å². The van der Waals surface area contributed by atoms with Gasteiger partial charge in [-0.25, -0.2) is 4.79 Å². The predicted octanol–water partition coefficient (Wildman–Crippen LogP) is 4.12. The molecule has 1 aromatic heterocycles. The summed E-state index contributed by atoms with van der Waals surface area (Å²) >= 11 is 0. The van der Waals surface area contributed by atoms with E-state index in [1.807, 2.05) is 50.9 Å². The van der Waals surface area contributed by atoms with Gasteiger partial charge in [-0.15, -0.1) is 0 Å². The molecule has 1 N–H and O–H groups in total. The molecule has 1 unspecified atom stereocenters. The van der Waals surface area contributed by atoms with E-state index in [9.17, 15) is 14.4 Å². The third-order valence-corrected chi connectivity index (χ3v) is 7.58. The fourth-order valence-electron chi connectivity index (χ4n) is 5.63. The van der Waals surface area contributed by atoms with Crippen LogP contribution in [0, 0.1) is 23.2 Å². The van der Waals surface area contributed by atoms with Gasteiger partial charge in [0.25, 0.3) is 0 Å². The SMILES string of the molecule is CC.CCOC(=O)N1CCC2(CC1)CC(C#Cc1ccc3c(C4CCC(=O)NC4=O)nn(C)c3c1)C2. The van der Waals surface area contributed by atoms with Crippen molar-refractivity contribution in [2.75, 3.05) is 19.7 Å². The van der Waals surface area contributed by atoms with Gasteiger partial charge in [0.2, 0.25) is 11.8 Å². The molecule has 2 saturated heterocycles. The number of nitrogens with one attached hydrogen (secondary N) is 1. The quantitative estimate of drug-likeness (QED) is 0.503. The van der Waals surface area contributed by atoms with Crippen molar-refractivity contribution in [3.63, 3.8) is 0 Å². The summed E-state index contributed by atoms with van der Waals surface area (Å²) in [6.45, 7) is 7.79. The molecule has 8 nitrogen and oxygen atoms in total. The van der Waals surface area contributed by atoms with E-state index in [1.165, 1.54) is 0 Å². The first-order valence-electron chi connectivity index (χ1n) is 13.1. The van der Waals surface area contributed by atoms with Gasteiger partial charge in [-0.05, 0) is 62.6 Å². The molecule has 2 aliphatic heterocycles. The number of likely N-dealkylation sites (tertiary alicyclic amines) is 1. The van der Waals surface area contributed by atoms with Crippen LogP contribution in [0.4, 0.5) is 4.79 Å². The van der Waals surface area contributed by atoms with Gasteiger partial charge in [-0.1, -0.05) is 25.7 Å². The largest absolute Gasteiger partial charge is 0.450 e. The summed E-state index contributed by atoms with van der Waals surface area (Å²) in [5, 5.41) is 7.95. The van der Waals surface area contributed by atoms with Crippen LogP contribution in [0.25, 0.3) is 10.9 Å². The Hall–Kier alpha value is -3.34. The van der Waals surface area contributed by atoms with Crippen LogP contribution in [0.2, 0.25) is 0 Å². The maximum atomic E-state index is 12.3. The first-order valence-corrected chi connectivity index (χ1v) is 13.1. The fraction of sp³-hybridized carbons (Fsp3) is 0.571. The lowest BCUT2D eigenvalue weighted by molar-refractivity contribution is -0.134. The normalized spacial score (nSPS) is 21.1. The lowest BCUT2D eigenvalue weighted by Gasteiger charge is -2.50. The van der Waals surface area contributed by atoms with Crippen molar-refractivity contribution in [2.24, 2.45) is 18.4 Å². The molecule has 2 aromatic rings. The van der Waals surface area contributed by atoms with Gasteiger partial charge in [0.15, 0.2) is 0 Å². The number of carbonyl (C=O) groups excluding carboxylic acids is 3. The summed E-state index contributed by atoms with van der Waals surface area (Å²) in [6, 6.07) is 5.99. The summed E-state index contributed by atoms with van der Waals surface area (Å²) in [6.07, 6.45) is 4.84. The molecule has 3 aliphatic rings. The highest BCUT2D eigenvalue weighted by molar-refractivity contribution is 6.02. The highest BCUT2D eigenvalue weighted by Crippen LogP contribution is 2.52. The number of ether oxygens (including phenoxy) is 1. The average molecular weight is 493 g/mol. The van der Waals surface area contributed by atoms with Gasteiger partial charge in [0, 0.05) is 43.4 Å². The minimum absolute atomic E-state index is 0.195. The third-order valence-electron chi connectivity index (χ3n) is 7.58. The number of rotatable bonds is 2. The maximum absolute atomic E-state index is 12.3.